The fourth-order valence-electron chi connectivity index (χ4n) is 2.69. The van der Waals surface area contributed by atoms with E-state index < -0.39 is 0 Å². The number of fused-ring (bicyclic) bond motifs is 1. The Labute approximate surface area is 128 Å². The third-order valence-electron chi connectivity index (χ3n) is 3.95. The van der Waals surface area contributed by atoms with Gasteiger partial charge in [0, 0.05) is 43.3 Å². The molecular weight excluding hydrogens is 283 g/mol. The van der Waals surface area contributed by atoms with E-state index in [0.717, 1.165) is 13.1 Å². The summed E-state index contributed by atoms with van der Waals surface area (Å²) in [5.41, 5.74) is 1.73. The first-order valence-corrected chi connectivity index (χ1v) is 7.26. The molecule has 1 aliphatic rings. The minimum absolute atomic E-state index is 0.234. The standard InChI is InChI=1S/C16H19FN4O/c1-20-10-14-6-3-7-21(14)11-15(20)9-18-16(22)19-13-5-2-4-12(17)8-13/h2-8,15H,9-11H2,1H3,(H2,18,19,22). The molecule has 1 aromatic heterocycles. The number of nitrogens with zero attached hydrogens (tertiary/aromatic N) is 2. The second-order valence-corrected chi connectivity index (χ2v) is 5.57. The molecular formula is C16H19FN4O. The lowest BCUT2D eigenvalue weighted by Crippen LogP contribution is -2.47. The van der Waals surface area contributed by atoms with Crippen molar-refractivity contribution < 1.29 is 9.18 Å². The Morgan fingerprint density at radius 2 is 2.23 bits per heavy atom. The molecule has 6 heteroatoms. The predicted molar refractivity (Wildman–Crippen MR) is 83.1 cm³/mol. The van der Waals surface area contributed by atoms with Gasteiger partial charge in [0.25, 0.3) is 0 Å². The number of rotatable bonds is 3. The Balaban J connectivity index is 1.53. The van der Waals surface area contributed by atoms with Crippen molar-refractivity contribution >= 4 is 11.7 Å². The van der Waals surface area contributed by atoms with Crippen LogP contribution in [0.5, 0.6) is 0 Å². The van der Waals surface area contributed by atoms with Gasteiger partial charge in [-0.05, 0) is 37.4 Å². The number of halogens is 1. The normalized spacial score (nSPS) is 17.8. The molecule has 0 saturated heterocycles. The summed E-state index contributed by atoms with van der Waals surface area (Å²) in [5.74, 6) is -0.370. The number of likely N-dealkylation sites (N-methyl/N-ethyl adjacent to an activating group) is 1. The number of aromatic nitrogens is 1. The molecule has 1 aliphatic heterocycles. The maximum absolute atomic E-state index is 13.1. The molecule has 2 aromatic rings. The summed E-state index contributed by atoms with van der Waals surface area (Å²) >= 11 is 0. The van der Waals surface area contributed by atoms with Crippen LogP contribution in [-0.2, 0) is 13.1 Å². The number of carbonyl (C=O) groups is 1. The second kappa shape index (κ2) is 6.19. The summed E-state index contributed by atoms with van der Waals surface area (Å²) in [5, 5.41) is 5.48. The van der Waals surface area contributed by atoms with E-state index in [1.807, 2.05) is 13.1 Å². The Bertz CT molecular complexity index is 670. The second-order valence-electron chi connectivity index (χ2n) is 5.57. The minimum Gasteiger partial charge on any atom is -0.349 e. The first-order chi connectivity index (χ1) is 10.6. The quantitative estimate of drug-likeness (QED) is 0.914. The van der Waals surface area contributed by atoms with Gasteiger partial charge in [-0.25, -0.2) is 9.18 Å². The van der Waals surface area contributed by atoms with Crippen LogP contribution < -0.4 is 10.6 Å². The fourth-order valence-corrected chi connectivity index (χ4v) is 2.69. The van der Waals surface area contributed by atoms with E-state index >= 15 is 0 Å². The average Bonchev–Trinajstić information content (AvgIpc) is 2.92. The Hall–Kier alpha value is -2.34. The van der Waals surface area contributed by atoms with E-state index in [0.29, 0.717) is 12.2 Å². The van der Waals surface area contributed by atoms with Crippen LogP contribution in [0.15, 0.2) is 42.6 Å². The highest BCUT2D eigenvalue weighted by Crippen LogP contribution is 2.16. The van der Waals surface area contributed by atoms with Gasteiger partial charge in [-0.1, -0.05) is 6.07 Å². The van der Waals surface area contributed by atoms with Crippen LogP contribution in [0.1, 0.15) is 5.69 Å². The Kier molecular flexibility index (Phi) is 4.11. The molecule has 2 amide bonds. The van der Waals surface area contributed by atoms with Gasteiger partial charge >= 0.3 is 6.03 Å². The zero-order valence-corrected chi connectivity index (χ0v) is 12.4. The van der Waals surface area contributed by atoms with Gasteiger partial charge in [0.15, 0.2) is 0 Å². The van der Waals surface area contributed by atoms with Crippen LogP contribution >= 0.6 is 0 Å². The van der Waals surface area contributed by atoms with Crippen molar-refractivity contribution in [3.05, 3.63) is 54.1 Å². The molecule has 1 unspecified atom stereocenters. The summed E-state index contributed by atoms with van der Waals surface area (Å²) in [6, 6.07) is 9.91. The largest absolute Gasteiger partial charge is 0.349 e. The average molecular weight is 302 g/mol. The predicted octanol–water partition coefficient (Wildman–Crippen LogP) is 2.26. The van der Waals surface area contributed by atoms with Crippen LogP contribution in [0.2, 0.25) is 0 Å². The van der Waals surface area contributed by atoms with E-state index in [9.17, 15) is 9.18 Å². The van der Waals surface area contributed by atoms with Gasteiger partial charge < -0.3 is 15.2 Å². The first kappa shape index (κ1) is 14.6. The van der Waals surface area contributed by atoms with Crippen molar-refractivity contribution in [3.63, 3.8) is 0 Å². The monoisotopic (exact) mass is 302 g/mol. The molecule has 0 saturated carbocycles. The highest BCUT2D eigenvalue weighted by molar-refractivity contribution is 5.89. The maximum Gasteiger partial charge on any atom is 0.319 e. The number of urea groups is 1. The topological polar surface area (TPSA) is 49.3 Å². The molecule has 116 valence electrons. The van der Waals surface area contributed by atoms with Gasteiger partial charge in [0.05, 0.1) is 0 Å². The van der Waals surface area contributed by atoms with Crippen LogP contribution in [0.4, 0.5) is 14.9 Å². The summed E-state index contributed by atoms with van der Waals surface area (Å²) < 4.78 is 15.3. The molecule has 0 radical (unpaired) electrons. The van der Waals surface area contributed by atoms with Gasteiger partial charge in [0.1, 0.15) is 5.82 Å². The third-order valence-corrected chi connectivity index (χ3v) is 3.95. The fraction of sp³-hybridized carbons (Fsp3) is 0.312. The molecule has 1 atom stereocenters. The molecule has 2 N–H and O–H groups in total. The van der Waals surface area contributed by atoms with Crippen LogP contribution in [-0.4, -0.2) is 35.1 Å². The zero-order chi connectivity index (χ0) is 15.5. The summed E-state index contributed by atoms with van der Waals surface area (Å²) in [4.78, 5) is 14.1. The molecule has 0 fully saturated rings. The lowest BCUT2D eigenvalue weighted by molar-refractivity contribution is 0.174. The Morgan fingerprint density at radius 1 is 1.36 bits per heavy atom. The SMILES string of the molecule is CN1Cc2cccn2CC1CNC(=O)Nc1cccc(F)c1. The smallest absolute Gasteiger partial charge is 0.319 e. The van der Waals surface area contributed by atoms with Gasteiger partial charge in [-0.2, -0.15) is 0 Å². The van der Waals surface area contributed by atoms with Gasteiger partial charge in [0.2, 0.25) is 0 Å². The molecule has 1 aromatic carbocycles. The van der Waals surface area contributed by atoms with Crippen molar-refractivity contribution in [3.8, 4) is 0 Å². The molecule has 0 bridgehead atoms. The molecule has 5 nitrogen and oxygen atoms in total. The number of nitrogens with one attached hydrogen (secondary N) is 2. The zero-order valence-electron chi connectivity index (χ0n) is 12.4. The van der Waals surface area contributed by atoms with Crippen molar-refractivity contribution in [2.45, 2.75) is 19.1 Å². The summed E-state index contributed by atoms with van der Waals surface area (Å²) in [6.45, 7) is 2.25. The molecule has 22 heavy (non-hydrogen) atoms. The number of carbonyl (C=O) groups excluding carboxylic acids is 1. The lowest BCUT2D eigenvalue weighted by atomic mass is 10.2. The van der Waals surface area contributed by atoms with Crippen LogP contribution in [0.3, 0.4) is 0 Å². The van der Waals surface area contributed by atoms with Crippen molar-refractivity contribution in [1.82, 2.24) is 14.8 Å². The van der Waals surface area contributed by atoms with Gasteiger partial charge in [-0.3, -0.25) is 4.90 Å². The maximum atomic E-state index is 13.1. The minimum atomic E-state index is -0.370. The summed E-state index contributed by atoms with van der Waals surface area (Å²) in [7, 11) is 2.05. The van der Waals surface area contributed by atoms with Crippen molar-refractivity contribution in [1.29, 1.82) is 0 Å². The summed E-state index contributed by atoms with van der Waals surface area (Å²) in [6.07, 6.45) is 2.06. The highest BCUT2D eigenvalue weighted by Gasteiger charge is 2.22. The van der Waals surface area contributed by atoms with Crippen molar-refractivity contribution in [2.75, 3.05) is 18.9 Å². The van der Waals surface area contributed by atoms with E-state index in [1.54, 1.807) is 12.1 Å². The number of benzene rings is 1. The van der Waals surface area contributed by atoms with Crippen LogP contribution in [0.25, 0.3) is 0 Å². The number of hydrogen-bond donors (Lipinski definition) is 2. The first-order valence-electron chi connectivity index (χ1n) is 7.26. The van der Waals surface area contributed by atoms with E-state index in [2.05, 4.69) is 32.4 Å². The molecule has 0 aliphatic carbocycles. The molecule has 2 heterocycles. The van der Waals surface area contributed by atoms with Gasteiger partial charge in [-0.15, -0.1) is 0 Å². The van der Waals surface area contributed by atoms with E-state index in [1.165, 1.54) is 17.8 Å². The van der Waals surface area contributed by atoms with Crippen LogP contribution in [0, 0.1) is 5.82 Å². The van der Waals surface area contributed by atoms with E-state index in [4.69, 9.17) is 0 Å². The highest BCUT2D eigenvalue weighted by atomic mass is 19.1. The lowest BCUT2D eigenvalue weighted by Gasteiger charge is -2.34. The number of amides is 2. The molecule has 3 rings (SSSR count). The molecule has 0 spiro atoms. The third kappa shape index (κ3) is 3.28. The number of anilines is 1. The van der Waals surface area contributed by atoms with E-state index in [-0.39, 0.29) is 17.9 Å². The Morgan fingerprint density at radius 3 is 3.05 bits per heavy atom. The van der Waals surface area contributed by atoms with Crippen molar-refractivity contribution in [2.24, 2.45) is 0 Å². The number of hydrogen-bond acceptors (Lipinski definition) is 2.